The van der Waals surface area contributed by atoms with E-state index in [1.807, 2.05) is 0 Å². The number of nitriles is 2. The summed E-state index contributed by atoms with van der Waals surface area (Å²) in [5.74, 6) is 0.474. The molecule has 0 N–H and O–H groups in total. The van der Waals surface area contributed by atoms with Crippen molar-refractivity contribution in [3.63, 3.8) is 0 Å². The number of benzene rings is 2. The number of hydrogen-bond donors (Lipinski definition) is 0. The minimum absolute atomic E-state index is 0.237. The Bertz CT molecular complexity index is 911. The molecular weight excluding hydrogens is 292 g/mol. The molecule has 4 aliphatic rings. The highest BCUT2D eigenvalue weighted by Crippen LogP contribution is 2.59. The lowest BCUT2D eigenvalue weighted by atomic mass is 9.58. The summed E-state index contributed by atoms with van der Waals surface area (Å²) >= 11 is 0. The van der Waals surface area contributed by atoms with Crippen LogP contribution in [0.15, 0.2) is 70.8 Å². The van der Waals surface area contributed by atoms with Crippen molar-refractivity contribution in [1.29, 1.82) is 10.5 Å². The fourth-order valence-electron chi connectivity index (χ4n) is 4.77. The zero-order chi connectivity index (χ0) is 16.3. The summed E-state index contributed by atoms with van der Waals surface area (Å²) in [6, 6.07) is 21.9. The highest BCUT2D eigenvalue weighted by atomic mass is 14.5. The van der Waals surface area contributed by atoms with Gasteiger partial charge < -0.3 is 0 Å². The van der Waals surface area contributed by atoms with E-state index in [1.165, 1.54) is 33.4 Å². The van der Waals surface area contributed by atoms with E-state index in [9.17, 15) is 10.5 Å². The van der Waals surface area contributed by atoms with Crippen molar-refractivity contribution in [3.8, 4) is 12.1 Å². The summed E-state index contributed by atoms with van der Waals surface area (Å²) in [5.41, 5.74) is 9.50. The summed E-state index contributed by atoms with van der Waals surface area (Å²) in [6.07, 6.45) is 1.25. The van der Waals surface area contributed by atoms with E-state index in [2.05, 4.69) is 60.7 Å². The van der Waals surface area contributed by atoms with Gasteiger partial charge in [-0.25, -0.2) is 0 Å². The molecule has 0 unspecified atom stereocenters. The summed E-state index contributed by atoms with van der Waals surface area (Å²) < 4.78 is 0. The average molecular weight is 306 g/mol. The second kappa shape index (κ2) is 4.70. The molecule has 0 saturated carbocycles. The van der Waals surface area contributed by atoms with Crippen molar-refractivity contribution in [2.24, 2.45) is 0 Å². The Morgan fingerprint density at radius 2 is 0.958 bits per heavy atom. The van der Waals surface area contributed by atoms with Gasteiger partial charge in [0, 0.05) is 35.8 Å². The lowest BCUT2D eigenvalue weighted by Gasteiger charge is -2.45. The second-order valence-corrected chi connectivity index (χ2v) is 6.71. The Morgan fingerprint density at radius 3 is 1.25 bits per heavy atom. The van der Waals surface area contributed by atoms with Crippen LogP contribution in [0.1, 0.15) is 46.9 Å². The van der Waals surface area contributed by atoms with Crippen LogP contribution in [-0.4, -0.2) is 0 Å². The first-order chi connectivity index (χ1) is 11.8. The van der Waals surface area contributed by atoms with Crippen LogP contribution >= 0.6 is 0 Å². The molecule has 2 nitrogen and oxygen atoms in total. The predicted molar refractivity (Wildman–Crippen MR) is 91.1 cm³/mol. The first-order valence-corrected chi connectivity index (χ1v) is 8.25. The summed E-state index contributed by atoms with van der Waals surface area (Å²) in [7, 11) is 0. The van der Waals surface area contributed by atoms with Crippen molar-refractivity contribution in [2.75, 3.05) is 0 Å². The van der Waals surface area contributed by atoms with Crippen LogP contribution in [0.5, 0.6) is 0 Å². The molecule has 4 aliphatic carbocycles. The Hall–Kier alpha value is -3.10. The molecule has 2 heteroatoms. The second-order valence-electron chi connectivity index (χ2n) is 6.71. The molecule has 0 aromatic heterocycles. The van der Waals surface area contributed by atoms with Gasteiger partial charge in [-0.3, -0.25) is 0 Å². The van der Waals surface area contributed by atoms with Gasteiger partial charge in [0.05, 0.1) is 12.1 Å². The third kappa shape index (κ3) is 1.53. The number of nitrogens with zero attached hydrogens (tertiary/aromatic N) is 2. The lowest BCUT2D eigenvalue weighted by molar-refractivity contribution is 0.679. The maximum atomic E-state index is 9.46. The van der Waals surface area contributed by atoms with Crippen LogP contribution in [0.3, 0.4) is 0 Å². The third-order valence-electron chi connectivity index (χ3n) is 5.71. The van der Waals surface area contributed by atoms with E-state index in [1.54, 1.807) is 0 Å². The van der Waals surface area contributed by atoms with Crippen molar-refractivity contribution in [2.45, 2.75) is 24.7 Å². The number of hydrogen-bond acceptors (Lipinski definition) is 2. The SMILES string of the molecule is N#CC1=C(C#N)CC2=C(C1)C1c3ccccc3C2c2ccccc21. The average Bonchev–Trinajstić information content (AvgIpc) is 2.66. The monoisotopic (exact) mass is 306 g/mol. The number of allylic oxidation sites excluding steroid dienone is 4. The minimum Gasteiger partial charge on any atom is -0.193 e. The standard InChI is InChI=1S/C22H14N2/c23-11-13-9-19-20(10-14(13)12-24)22-16-6-2-1-5-15(16)21(19)17-7-3-4-8-18(17)22/h1-8,21-22H,9-10H2. The molecule has 0 aliphatic heterocycles. The molecule has 0 fully saturated rings. The smallest absolute Gasteiger partial charge is 0.0961 e. The van der Waals surface area contributed by atoms with Crippen LogP contribution in [0.4, 0.5) is 0 Å². The molecule has 0 radical (unpaired) electrons. The third-order valence-corrected chi connectivity index (χ3v) is 5.71. The first-order valence-electron chi connectivity index (χ1n) is 8.25. The largest absolute Gasteiger partial charge is 0.193 e. The van der Waals surface area contributed by atoms with Crippen LogP contribution < -0.4 is 0 Å². The van der Waals surface area contributed by atoms with Gasteiger partial charge >= 0.3 is 0 Å². The summed E-state index contributed by atoms with van der Waals surface area (Å²) in [4.78, 5) is 0. The van der Waals surface area contributed by atoms with Crippen LogP contribution in [0.2, 0.25) is 0 Å². The Kier molecular flexibility index (Phi) is 2.61. The van der Waals surface area contributed by atoms with Gasteiger partial charge in [-0.15, -0.1) is 0 Å². The highest BCUT2D eigenvalue weighted by Gasteiger charge is 2.44. The first kappa shape index (κ1) is 13.3. The quantitative estimate of drug-likeness (QED) is 0.662. The minimum atomic E-state index is 0.237. The molecule has 0 spiro atoms. The lowest BCUT2D eigenvalue weighted by Crippen LogP contribution is -2.30. The Labute approximate surface area is 141 Å². The van der Waals surface area contributed by atoms with Crippen molar-refractivity contribution in [1.82, 2.24) is 0 Å². The highest BCUT2D eigenvalue weighted by molar-refractivity contribution is 5.68. The van der Waals surface area contributed by atoms with Crippen molar-refractivity contribution < 1.29 is 0 Å². The molecule has 2 aromatic rings. The topological polar surface area (TPSA) is 47.6 Å². The fourth-order valence-corrected chi connectivity index (χ4v) is 4.77. The molecule has 6 rings (SSSR count). The van der Waals surface area contributed by atoms with Gasteiger partial charge in [-0.05, 0) is 22.3 Å². The molecule has 24 heavy (non-hydrogen) atoms. The van der Waals surface area contributed by atoms with Crippen molar-refractivity contribution in [3.05, 3.63) is 93.1 Å². The molecule has 0 saturated heterocycles. The predicted octanol–water partition coefficient (Wildman–Crippen LogP) is 4.71. The summed E-state index contributed by atoms with van der Waals surface area (Å²) in [6.45, 7) is 0. The zero-order valence-electron chi connectivity index (χ0n) is 13.1. The maximum absolute atomic E-state index is 9.46. The van der Waals surface area contributed by atoms with E-state index in [4.69, 9.17) is 0 Å². The molecule has 2 aromatic carbocycles. The van der Waals surface area contributed by atoms with Crippen LogP contribution in [0, 0.1) is 22.7 Å². The van der Waals surface area contributed by atoms with E-state index in [0.717, 1.165) is 0 Å². The van der Waals surface area contributed by atoms with Gasteiger partial charge in [0.15, 0.2) is 0 Å². The van der Waals surface area contributed by atoms with Gasteiger partial charge in [0.2, 0.25) is 0 Å². The Morgan fingerprint density at radius 1 is 0.625 bits per heavy atom. The van der Waals surface area contributed by atoms with Gasteiger partial charge in [-0.2, -0.15) is 10.5 Å². The van der Waals surface area contributed by atoms with Gasteiger partial charge in [0.25, 0.3) is 0 Å². The van der Waals surface area contributed by atoms with E-state index in [0.29, 0.717) is 24.0 Å². The van der Waals surface area contributed by atoms with Gasteiger partial charge in [-0.1, -0.05) is 59.7 Å². The van der Waals surface area contributed by atoms with Crippen LogP contribution in [-0.2, 0) is 0 Å². The maximum Gasteiger partial charge on any atom is 0.0961 e. The fraction of sp³-hybridized carbons (Fsp3) is 0.182. The molecule has 112 valence electrons. The van der Waals surface area contributed by atoms with E-state index in [-0.39, 0.29) is 11.8 Å². The zero-order valence-corrected chi connectivity index (χ0v) is 13.1. The van der Waals surface area contributed by atoms with Crippen LogP contribution in [0.25, 0.3) is 0 Å². The summed E-state index contributed by atoms with van der Waals surface area (Å²) in [5, 5.41) is 18.9. The van der Waals surface area contributed by atoms with Gasteiger partial charge in [0.1, 0.15) is 0 Å². The van der Waals surface area contributed by atoms with E-state index < -0.39 is 0 Å². The molecule has 0 heterocycles. The molecular formula is C22H14N2. The molecule has 0 atom stereocenters. The van der Waals surface area contributed by atoms with E-state index >= 15 is 0 Å². The number of rotatable bonds is 0. The Balaban J connectivity index is 1.78. The molecule has 2 bridgehead atoms. The van der Waals surface area contributed by atoms with Crippen molar-refractivity contribution >= 4 is 0 Å². The normalized spacial score (nSPS) is 23.1. The molecule has 0 amide bonds.